The molecule has 28 heavy (non-hydrogen) atoms. The molecule has 3 aromatic rings. The number of hydrogen-bond donors (Lipinski definition) is 2. The predicted molar refractivity (Wildman–Crippen MR) is 101 cm³/mol. The minimum absolute atomic E-state index is 0.0500. The Bertz CT molecular complexity index is 1090. The lowest BCUT2D eigenvalue weighted by Crippen LogP contribution is -2.24. The number of nitrogens with one attached hydrogen (secondary N) is 2. The van der Waals surface area contributed by atoms with E-state index >= 15 is 0 Å². The normalized spacial score (nSPS) is 14.7. The van der Waals surface area contributed by atoms with Gasteiger partial charge < -0.3 is 15.1 Å². The number of rotatable bonds is 6. The molecule has 1 aromatic carbocycles. The van der Waals surface area contributed by atoms with Crippen LogP contribution in [0.3, 0.4) is 0 Å². The average Bonchev–Trinajstić information content (AvgIpc) is 3.29. The third-order valence-electron chi connectivity index (χ3n) is 4.89. The van der Waals surface area contributed by atoms with Crippen molar-refractivity contribution in [3.8, 4) is 0 Å². The number of fused-ring (bicyclic) bond motifs is 1. The predicted octanol–water partition coefficient (Wildman–Crippen LogP) is 3.96. The molecule has 0 saturated heterocycles. The molecule has 1 saturated carbocycles. The van der Waals surface area contributed by atoms with Gasteiger partial charge in [-0.3, -0.25) is 4.79 Å². The van der Waals surface area contributed by atoms with Gasteiger partial charge >= 0.3 is 0 Å². The van der Waals surface area contributed by atoms with Crippen molar-refractivity contribution < 1.29 is 13.6 Å². The van der Waals surface area contributed by atoms with E-state index in [0.717, 1.165) is 18.9 Å². The standard InChI is InChI=1S/C19H18FN5O3/c1-10-14(17(26)21-8-11-7-12(25-27)3-4-13(11)20)15-16(24-19(2)5-6-19)22-9-23-18(15)28-10/h3-4,7,9H,5-6,8H2,1-2H3,(H,21,26)(H,22,23,24). The second kappa shape index (κ2) is 6.66. The minimum atomic E-state index is -0.533. The van der Waals surface area contributed by atoms with Crippen molar-refractivity contribution >= 4 is 28.5 Å². The summed E-state index contributed by atoms with van der Waals surface area (Å²) in [4.78, 5) is 31.9. The van der Waals surface area contributed by atoms with Crippen LogP contribution in [-0.2, 0) is 6.54 Å². The van der Waals surface area contributed by atoms with Crippen LogP contribution in [0, 0.1) is 17.6 Å². The number of carbonyl (C=O) groups excluding carboxylic acids is 1. The van der Waals surface area contributed by atoms with Crippen LogP contribution in [0.2, 0.25) is 0 Å². The summed E-state index contributed by atoms with van der Waals surface area (Å²) in [5.74, 6) is -0.0566. The zero-order chi connectivity index (χ0) is 19.9. The number of carbonyl (C=O) groups is 1. The zero-order valence-corrected chi connectivity index (χ0v) is 15.4. The highest BCUT2D eigenvalue weighted by Crippen LogP contribution is 2.40. The van der Waals surface area contributed by atoms with Gasteiger partial charge in [0.2, 0.25) is 5.71 Å². The summed E-state index contributed by atoms with van der Waals surface area (Å²) in [6.45, 7) is 3.63. The molecule has 0 spiro atoms. The fourth-order valence-corrected chi connectivity index (χ4v) is 3.03. The number of aromatic nitrogens is 2. The van der Waals surface area contributed by atoms with Crippen LogP contribution in [0.1, 0.15) is 41.4 Å². The lowest BCUT2D eigenvalue weighted by Gasteiger charge is -2.13. The number of benzene rings is 1. The maximum absolute atomic E-state index is 13.9. The Hall–Kier alpha value is -3.36. The third kappa shape index (κ3) is 3.30. The van der Waals surface area contributed by atoms with Gasteiger partial charge in [-0.15, -0.1) is 4.91 Å². The van der Waals surface area contributed by atoms with Crippen molar-refractivity contribution in [3.63, 3.8) is 0 Å². The van der Waals surface area contributed by atoms with Crippen LogP contribution in [0.15, 0.2) is 34.1 Å². The molecular formula is C19H18FN5O3. The number of anilines is 1. The van der Waals surface area contributed by atoms with Gasteiger partial charge in [0.1, 0.15) is 29.4 Å². The lowest BCUT2D eigenvalue weighted by atomic mass is 10.1. The second-order valence-corrected chi connectivity index (χ2v) is 7.17. The summed E-state index contributed by atoms with van der Waals surface area (Å²) in [6, 6.07) is 3.71. The molecule has 1 fully saturated rings. The van der Waals surface area contributed by atoms with Gasteiger partial charge in [-0.25, -0.2) is 14.4 Å². The Morgan fingerprint density at radius 3 is 2.86 bits per heavy atom. The van der Waals surface area contributed by atoms with Gasteiger partial charge in [0.05, 0.1) is 10.9 Å². The summed E-state index contributed by atoms with van der Waals surface area (Å²) < 4.78 is 19.6. The lowest BCUT2D eigenvalue weighted by molar-refractivity contribution is 0.0950. The summed E-state index contributed by atoms with van der Waals surface area (Å²) >= 11 is 0. The Kier molecular flexibility index (Phi) is 4.29. The molecule has 0 atom stereocenters. The van der Waals surface area contributed by atoms with Gasteiger partial charge in [-0.05, 0) is 50.1 Å². The molecule has 0 aliphatic heterocycles. The van der Waals surface area contributed by atoms with E-state index in [2.05, 4.69) is 32.7 Å². The average molecular weight is 383 g/mol. The van der Waals surface area contributed by atoms with Gasteiger partial charge in [0, 0.05) is 17.6 Å². The summed E-state index contributed by atoms with van der Waals surface area (Å²) in [5, 5.41) is 9.29. The number of nitroso groups, excluding NO2 is 1. The summed E-state index contributed by atoms with van der Waals surface area (Å²) in [7, 11) is 0. The Morgan fingerprint density at radius 2 is 2.14 bits per heavy atom. The van der Waals surface area contributed by atoms with Gasteiger partial charge in [0.15, 0.2) is 0 Å². The summed E-state index contributed by atoms with van der Waals surface area (Å²) in [5.41, 5.74) is 0.810. The molecule has 2 aromatic heterocycles. The molecule has 2 N–H and O–H groups in total. The molecule has 0 radical (unpaired) electrons. The van der Waals surface area contributed by atoms with Crippen molar-refractivity contribution in [3.05, 3.63) is 52.1 Å². The smallest absolute Gasteiger partial charge is 0.255 e. The first kappa shape index (κ1) is 18.0. The van der Waals surface area contributed by atoms with E-state index in [1.165, 1.54) is 18.5 Å². The van der Waals surface area contributed by atoms with Gasteiger partial charge in [0.25, 0.3) is 5.91 Å². The minimum Gasteiger partial charge on any atom is -0.442 e. The quantitative estimate of drug-likeness (QED) is 0.624. The molecular weight excluding hydrogens is 365 g/mol. The van der Waals surface area contributed by atoms with Crippen LogP contribution >= 0.6 is 0 Å². The highest BCUT2D eigenvalue weighted by Gasteiger charge is 2.38. The van der Waals surface area contributed by atoms with Crippen LogP contribution in [0.4, 0.5) is 15.9 Å². The van der Waals surface area contributed by atoms with Gasteiger partial charge in [-0.1, -0.05) is 0 Å². The zero-order valence-electron chi connectivity index (χ0n) is 15.4. The topological polar surface area (TPSA) is 109 Å². The number of hydrogen-bond acceptors (Lipinski definition) is 7. The molecule has 8 nitrogen and oxygen atoms in total. The number of halogens is 1. The number of nitrogens with zero attached hydrogens (tertiary/aromatic N) is 3. The van der Waals surface area contributed by atoms with E-state index < -0.39 is 11.7 Å². The molecule has 1 aliphatic rings. The number of furan rings is 1. The molecule has 0 bridgehead atoms. The first-order chi connectivity index (χ1) is 13.4. The van der Waals surface area contributed by atoms with Crippen molar-refractivity contribution in [2.45, 2.75) is 38.8 Å². The fourth-order valence-electron chi connectivity index (χ4n) is 3.03. The first-order valence-corrected chi connectivity index (χ1v) is 8.82. The SMILES string of the molecule is Cc1oc2ncnc(NC3(C)CC3)c2c1C(=O)NCc1cc(N=O)ccc1F. The van der Waals surface area contributed by atoms with Crippen LogP contribution in [0.5, 0.6) is 0 Å². The van der Waals surface area contributed by atoms with Crippen LogP contribution in [0.25, 0.3) is 11.1 Å². The van der Waals surface area contributed by atoms with E-state index in [9.17, 15) is 14.1 Å². The maximum Gasteiger partial charge on any atom is 0.255 e. The number of aryl methyl sites for hydroxylation is 1. The second-order valence-electron chi connectivity index (χ2n) is 7.17. The van der Waals surface area contributed by atoms with E-state index in [1.54, 1.807) is 6.92 Å². The molecule has 9 heteroatoms. The third-order valence-corrected chi connectivity index (χ3v) is 4.89. The molecule has 1 amide bonds. The van der Waals surface area contributed by atoms with Crippen molar-refractivity contribution in [1.29, 1.82) is 0 Å². The Balaban J connectivity index is 1.64. The molecule has 2 heterocycles. The number of amides is 1. The molecule has 4 rings (SSSR count). The van der Waals surface area contributed by atoms with E-state index in [-0.39, 0.29) is 23.3 Å². The Morgan fingerprint density at radius 1 is 1.36 bits per heavy atom. The highest BCUT2D eigenvalue weighted by atomic mass is 19.1. The largest absolute Gasteiger partial charge is 0.442 e. The fraction of sp³-hybridized carbons (Fsp3) is 0.316. The monoisotopic (exact) mass is 383 g/mol. The van der Waals surface area contributed by atoms with Crippen LogP contribution in [-0.4, -0.2) is 21.4 Å². The molecule has 144 valence electrons. The van der Waals surface area contributed by atoms with Crippen LogP contribution < -0.4 is 10.6 Å². The van der Waals surface area contributed by atoms with Crippen molar-refractivity contribution in [2.75, 3.05) is 5.32 Å². The molecule has 1 aliphatic carbocycles. The van der Waals surface area contributed by atoms with E-state index in [4.69, 9.17) is 4.42 Å². The molecule has 0 unspecified atom stereocenters. The van der Waals surface area contributed by atoms with E-state index in [0.29, 0.717) is 28.2 Å². The van der Waals surface area contributed by atoms with Gasteiger partial charge in [-0.2, -0.15) is 0 Å². The van der Waals surface area contributed by atoms with Crippen molar-refractivity contribution in [1.82, 2.24) is 15.3 Å². The van der Waals surface area contributed by atoms with E-state index in [1.807, 2.05) is 0 Å². The highest BCUT2D eigenvalue weighted by molar-refractivity contribution is 6.10. The summed E-state index contributed by atoms with van der Waals surface area (Å²) in [6.07, 6.45) is 3.41. The van der Waals surface area contributed by atoms with Crippen molar-refractivity contribution in [2.24, 2.45) is 5.18 Å². The first-order valence-electron chi connectivity index (χ1n) is 8.82. The Labute approximate surface area is 159 Å². The maximum atomic E-state index is 13.9.